The van der Waals surface area contributed by atoms with Crippen molar-refractivity contribution in [3.8, 4) is 22.9 Å². The molecule has 32 heavy (non-hydrogen) atoms. The number of hydrogen-bond donors (Lipinski definition) is 2. The first-order valence-electron chi connectivity index (χ1n) is 10.9. The van der Waals surface area contributed by atoms with E-state index in [1.54, 1.807) is 20.4 Å². The maximum Gasteiger partial charge on any atom is 0.315 e. The molecule has 1 aliphatic carbocycles. The van der Waals surface area contributed by atoms with Crippen molar-refractivity contribution in [3.63, 3.8) is 0 Å². The zero-order valence-corrected chi connectivity index (χ0v) is 18.6. The normalized spacial score (nSPS) is 12.7. The molecule has 0 atom stereocenters. The van der Waals surface area contributed by atoms with Crippen LogP contribution in [-0.4, -0.2) is 41.6 Å². The van der Waals surface area contributed by atoms with Crippen LogP contribution in [0.3, 0.4) is 0 Å². The summed E-state index contributed by atoms with van der Waals surface area (Å²) < 4.78 is 12.6. The van der Waals surface area contributed by atoms with E-state index in [4.69, 9.17) is 14.6 Å². The fourth-order valence-electron chi connectivity index (χ4n) is 4.08. The maximum atomic E-state index is 12.3. The summed E-state index contributed by atoms with van der Waals surface area (Å²) in [5, 5.41) is 10.7. The summed E-state index contributed by atoms with van der Waals surface area (Å²) in [6, 6.07) is 11.3. The fraction of sp³-hybridized carbons (Fsp3) is 0.375. The third kappa shape index (κ3) is 4.85. The van der Waals surface area contributed by atoms with Crippen LogP contribution in [0.4, 0.5) is 4.79 Å². The third-order valence-corrected chi connectivity index (χ3v) is 5.67. The van der Waals surface area contributed by atoms with E-state index in [0.717, 1.165) is 29.8 Å². The van der Waals surface area contributed by atoms with Gasteiger partial charge in [0.25, 0.3) is 0 Å². The fourth-order valence-corrected chi connectivity index (χ4v) is 4.08. The van der Waals surface area contributed by atoms with Crippen molar-refractivity contribution < 1.29 is 14.3 Å². The van der Waals surface area contributed by atoms with Crippen molar-refractivity contribution in [2.45, 2.75) is 38.8 Å². The number of amides is 2. The summed E-state index contributed by atoms with van der Waals surface area (Å²) in [5.41, 5.74) is 5.37. The number of fused-ring (bicyclic) bond motifs is 1. The average molecular weight is 436 g/mol. The molecule has 2 amide bonds. The Morgan fingerprint density at radius 1 is 1.06 bits per heavy atom. The number of aromatic nitrogens is 3. The predicted octanol–water partition coefficient (Wildman–Crippen LogP) is 3.34. The second-order valence-electron chi connectivity index (χ2n) is 7.72. The van der Waals surface area contributed by atoms with E-state index in [1.807, 2.05) is 41.1 Å². The van der Waals surface area contributed by atoms with E-state index in [-0.39, 0.29) is 6.03 Å². The minimum absolute atomic E-state index is 0.217. The number of rotatable bonds is 8. The standard InChI is InChI=1S/C24H29N5O3/c1-31-21-11-10-17(15-22(21)32-2)16-27-24(30)26-13-14-29-20-9-4-3-7-18(20)23(28-29)19-8-5-6-12-25-19/h5-6,8,10-12,15H,3-4,7,9,13-14,16H2,1-2H3,(H2,26,27,30). The van der Waals surface area contributed by atoms with Crippen molar-refractivity contribution >= 4 is 6.03 Å². The maximum absolute atomic E-state index is 12.3. The van der Waals surface area contributed by atoms with Crippen LogP contribution in [-0.2, 0) is 25.9 Å². The van der Waals surface area contributed by atoms with Crippen LogP contribution in [0.5, 0.6) is 11.5 Å². The van der Waals surface area contributed by atoms with Crippen LogP contribution in [0.15, 0.2) is 42.6 Å². The second-order valence-corrected chi connectivity index (χ2v) is 7.72. The Kier molecular flexibility index (Phi) is 6.89. The number of nitrogens with zero attached hydrogens (tertiary/aromatic N) is 3. The smallest absolute Gasteiger partial charge is 0.315 e. The quantitative estimate of drug-likeness (QED) is 0.566. The number of methoxy groups -OCH3 is 2. The molecule has 2 aromatic heterocycles. The molecule has 2 heterocycles. The van der Waals surface area contributed by atoms with Crippen molar-refractivity contribution in [3.05, 3.63) is 59.4 Å². The monoisotopic (exact) mass is 435 g/mol. The Labute approximate surface area is 188 Å². The Hall–Kier alpha value is -3.55. The molecule has 0 spiro atoms. The molecule has 1 aromatic carbocycles. The minimum atomic E-state index is -0.217. The van der Waals surface area contributed by atoms with Gasteiger partial charge in [-0.15, -0.1) is 0 Å². The lowest BCUT2D eigenvalue weighted by Crippen LogP contribution is -2.37. The molecule has 8 nitrogen and oxygen atoms in total. The summed E-state index contributed by atoms with van der Waals surface area (Å²) in [5.74, 6) is 1.30. The summed E-state index contributed by atoms with van der Waals surface area (Å²) in [6.45, 7) is 1.51. The molecular weight excluding hydrogens is 406 g/mol. The van der Waals surface area contributed by atoms with E-state index < -0.39 is 0 Å². The van der Waals surface area contributed by atoms with Gasteiger partial charge in [0.2, 0.25) is 0 Å². The molecule has 0 aliphatic heterocycles. The summed E-state index contributed by atoms with van der Waals surface area (Å²) in [4.78, 5) is 16.8. The van der Waals surface area contributed by atoms with E-state index in [0.29, 0.717) is 31.1 Å². The zero-order chi connectivity index (χ0) is 22.3. The molecule has 168 valence electrons. The summed E-state index contributed by atoms with van der Waals surface area (Å²) >= 11 is 0. The van der Waals surface area contributed by atoms with Gasteiger partial charge >= 0.3 is 6.03 Å². The number of urea groups is 1. The molecule has 0 saturated carbocycles. The molecule has 2 N–H and O–H groups in total. The van der Waals surface area contributed by atoms with Crippen LogP contribution < -0.4 is 20.1 Å². The van der Waals surface area contributed by atoms with Gasteiger partial charge in [-0.1, -0.05) is 12.1 Å². The lowest BCUT2D eigenvalue weighted by atomic mass is 9.95. The summed E-state index contributed by atoms with van der Waals surface area (Å²) in [6.07, 6.45) is 6.18. The van der Waals surface area contributed by atoms with Gasteiger partial charge in [-0.05, 0) is 55.5 Å². The number of nitrogens with one attached hydrogen (secondary N) is 2. The molecule has 8 heteroatoms. The van der Waals surface area contributed by atoms with Crippen molar-refractivity contribution in [2.24, 2.45) is 0 Å². The van der Waals surface area contributed by atoms with Gasteiger partial charge in [-0.3, -0.25) is 9.67 Å². The van der Waals surface area contributed by atoms with E-state index in [2.05, 4.69) is 15.6 Å². The Morgan fingerprint density at radius 3 is 2.69 bits per heavy atom. The van der Waals surface area contributed by atoms with Crippen LogP contribution in [0.2, 0.25) is 0 Å². The number of pyridine rings is 1. The van der Waals surface area contributed by atoms with Gasteiger partial charge in [-0.25, -0.2) is 4.79 Å². The number of hydrogen-bond acceptors (Lipinski definition) is 5. The van der Waals surface area contributed by atoms with Crippen LogP contribution in [0.25, 0.3) is 11.4 Å². The number of carbonyl (C=O) groups is 1. The average Bonchev–Trinajstić information content (AvgIpc) is 3.22. The van der Waals surface area contributed by atoms with Crippen molar-refractivity contribution in [2.75, 3.05) is 20.8 Å². The highest BCUT2D eigenvalue weighted by Gasteiger charge is 2.22. The molecule has 0 fully saturated rings. The lowest BCUT2D eigenvalue weighted by molar-refractivity contribution is 0.240. The van der Waals surface area contributed by atoms with Crippen LogP contribution in [0.1, 0.15) is 29.7 Å². The van der Waals surface area contributed by atoms with Gasteiger partial charge in [-0.2, -0.15) is 5.10 Å². The minimum Gasteiger partial charge on any atom is -0.493 e. The molecule has 0 radical (unpaired) electrons. The van der Waals surface area contributed by atoms with Gasteiger partial charge in [0.1, 0.15) is 5.69 Å². The number of benzene rings is 1. The SMILES string of the molecule is COc1ccc(CNC(=O)NCCn2nc(-c3ccccn3)c3c2CCCC3)cc1OC. The topological polar surface area (TPSA) is 90.3 Å². The first-order chi connectivity index (χ1) is 15.7. The highest BCUT2D eigenvalue weighted by Crippen LogP contribution is 2.30. The second kappa shape index (κ2) is 10.2. The largest absolute Gasteiger partial charge is 0.493 e. The molecule has 4 rings (SSSR count). The lowest BCUT2D eigenvalue weighted by Gasteiger charge is -2.15. The van der Waals surface area contributed by atoms with Crippen LogP contribution >= 0.6 is 0 Å². The van der Waals surface area contributed by atoms with Gasteiger partial charge < -0.3 is 20.1 Å². The van der Waals surface area contributed by atoms with E-state index >= 15 is 0 Å². The summed E-state index contributed by atoms with van der Waals surface area (Å²) in [7, 11) is 3.19. The number of ether oxygens (including phenoxy) is 2. The third-order valence-electron chi connectivity index (χ3n) is 5.67. The molecule has 1 aliphatic rings. The van der Waals surface area contributed by atoms with Gasteiger partial charge in [0.15, 0.2) is 11.5 Å². The first kappa shape index (κ1) is 21.7. The van der Waals surface area contributed by atoms with Crippen molar-refractivity contribution in [1.29, 1.82) is 0 Å². The Morgan fingerprint density at radius 2 is 1.91 bits per heavy atom. The number of carbonyl (C=O) groups excluding carboxylic acids is 1. The van der Waals surface area contributed by atoms with Gasteiger partial charge in [0.05, 0.1) is 26.5 Å². The van der Waals surface area contributed by atoms with Crippen LogP contribution in [0, 0.1) is 0 Å². The van der Waals surface area contributed by atoms with Crippen molar-refractivity contribution in [1.82, 2.24) is 25.4 Å². The molecule has 0 bridgehead atoms. The Balaban J connectivity index is 1.33. The highest BCUT2D eigenvalue weighted by molar-refractivity contribution is 5.73. The molecular formula is C24H29N5O3. The van der Waals surface area contributed by atoms with E-state index in [9.17, 15) is 4.79 Å². The van der Waals surface area contributed by atoms with E-state index in [1.165, 1.54) is 24.1 Å². The Bertz CT molecular complexity index is 1060. The molecule has 0 unspecified atom stereocenters. The van der Waals surface area contributed by atoms with Gasteiger partial charge in [0, 0.05) is 30.5 Å². The highest BCUT2D eigenvalue weighted by atomic mass is 16.5. The predicted molar refractivity (Wildman–Crippen MR) is 122 cm³/mol. The molecule has 0 saturated heterocycles. The first-order valence-corrected chi connectivity index (χ1v) is 10.9. The molecule has 3 aromatic rings. The zero-order valence-electron chi connectivity index (χ0n) is 18.6.